The largest absolute Gasteiger partial charge is 0.447 e. The van der Waals surface area contributed by atoms with Gasteiger partial charge in [0.05, 0.1) is 29.1 Å². The van der Waals surface area contributed by atoms with Crippen molar-refractivity contribution in [3.8, 4) is 0 Å². The monoisotopic (exact) mass is 377 g/mol. The maximum Gasteiger partial charge on any atom is 0.415 e. The molecule has 0 aliphatic carbocycles. The van der Waals surface area contributed by atoms with E-state index in [4.69, 9.17) is 4.74 Å². The van der Waals surface area contributed by atoms with Crippen molar-refractivity contribution >= 4 is 28.5 Å². The van der Waals surface area contributed by atoms with E-state index >= 15 is 0 Å². The van der Waals surface area contributed by atoms with E-state index in [-0.39, 0.29) is 12.1 Å². The first-order chi connectivity index (χ1) is 13.7. The molecule has 1 atom stereocenters. The Balaban J connectivity index is 1.46. The van der Waals surface area contributed by atoms with Gasteiger partial charge in [-0.05, 0) is 42.9 Å². The van der Waals surface area contributed by atoms with Crippen molar-refractivity contribution < 1.29 is 9.53 Å². The van der Waals surface area contributed by atoms with Crippen molar-refractivity contribution in [2.45, 2.75) is 6.04 Å². The standard InChI is InChI=1S/C21H23N5O2/c1-24-7-9-25(10-8-24)16-4-2-3-15(11-16)20-13-28-21(27)26(20)17-5-6-18-19(12-17)23-14-22-18/h2-6,11-12,14,20H,7-10,13H2,1H3,(H,22,23). The van der Waals surface area contributed by atoms with Gasteiger partial charge in [-0.3, -0.25) is 4.90 Å². The molecule has 1 N–H and O–H groups in total. The lowest BCUT2D eigenvalue weighted by molar-refractivity contribution is 0.179. The number of aromatic amines is 1. The Labute approximate surface area is 163 Å². The van der Waals surface area contributed by atoms with Crippen LogP contribution in [-0.2, 0) is 4.74 Å². The summed E-state index contributed by atoms with van der Waals surface area (Å²) in [4.78, 5) is 26.4. The number of imidazole rings is 1. The van der Waals surface area contributed by atoms with E-state index in [1.807, 2.05) is 18.2 Å². The highest BCUT2D eigenvalue weighted by Gasteiger charge is 2.35. The number of anilines is 2. The number of nitrogens with zero attached hydrogens (tertiary/aromatic N) is 4. The van der Waals surface area contributed by atoms with Crippen molar-refractivity contribution in [2.24, 2.45) is 0 Å². The molecule has 2 aromatic carbocycles. The van der Waals surface area contributed by atoms with Crippen LogP contribution in [-0.4, -0.2) is 60.8 Å². The Bertz CT molecular complexity index is 1010. The molecular weight excluding hydrogens is 354 g/mol. The minimum Gasteiger partial charge on any atom is -0.447 e. The molecule has 0 spiro atoms. The van der Waals surface area contributed by atoms with Gasteiger partial charge in [0, 0.05) is 31.9 Å². The molecule has 2 saturated heterocycles. The molecule has 0 saturated carbocycles. The number of fused-ring (bicyclic) bond motifs is 1. The van der Waals surface area contributed by atoms with E-state index in [1.54, 1.807) is 11.2 Å². The highest BCUT2D eigenvalue weighted by atomic mass is 16.6. The third kappa shape index (κ3) is 2.97. The number of rotatable bonds is 3. The van der Waals surface area contributed by atoms with E-state index in [0.717, 1.165) is 48.5 Å². The minimum absolute atomic E-state index is 0.139. The molecule has 7 heteroatoms. The second kappa shape index (κ2) is 6.83. The van der Waals surface area contributed by atoms with Gasteiger partial charge in [-0.25, -0.2) is 9.78 Å². The predicted octanol–water partition coefficient (Wildman–Crippen LogP) is 3.01. The number of hydrogen-bond donors (Lipinski definition) is 1. The minimum atomic E-state index is -0.311. The van der Waals surface area contributed by atoms with Gasteiger partial charge in [-0.2, -0.15) is 0 Å². The van der Waals surface area contributed by atoms with Crippen LogP contribution in [0.1, 0.15) is 11.6 Å². The third-order valence-corrected chi connectivity index (χ3v) is 5.68. The van der Waals surface area contributed by atoms with Gasteiger partial charge in [0.2, 0.25) is 0 Å². The number of amides is 1. The number of likely N-dealkylation sites (N-methyl/N-ethyl adjacent to an activating group) is 1. The summed E-state index contributed by atoms with van der Waals surface area (Å²) in [5.74, 6) is 0. The fourth-order valence-corrected chi connectivity index (χ4v) is 4.02. The molecule has 1 unspecified atom stereocenters. The van der Waals surface area contributed by atoms with Crippen molar-refractivity contribution in [2.75, 3.05) is 49.6 Å². The van der Waals surface area contributed by atoms with Gasteiger partial charge in [0.15, 0.2) is 0 Å². The number of ether oxygens (including phenoxy) is 1. The maximum absolute atomic E-state index is 12.5. The van der Waals surface area contributed by atoms with Crippen LogP contribution in [0, 0.1) is 0 Å². The Morgan fingerprint density at radius 2 is 1.93 bits per heavy atom. The van der Waals surface area contributed by atoms with Crippen LogP contribution in [0.4, 0.5) is 16.2 Å². The summed E-state index contributed by atoms with van der Waals surface area (Å²) >= 11 is 0. The maximum atomic E-state index is 12.5. The first-order valence-corrected chi connectivity index (χ1v) is 9.61. The van der Waals surface area contributed by atoms with Crippen LogP contribution in [0.25, 0.3) is 11.0 Å². The number of cyclic esters (lactones) is 1. The summed E-state index contributed by atoms with van der Waals surface area (Å²) in [5.41, 5.74) is 4.89. The summed E-state index contributed by atoms with van der Waals surface area (Å²) in [6.45, 7) is 4.50. The molecule has 2 aliphatic heterocycles. The zero-order chi connectivity index (χ0) is 19.1. The number of hydrogen-bond acceptors (Lipinski definition) is 5. The van der Waals surface area contributed by atoms with Gasteiger partial charge < -0.3 is 19.5 Å². The molecule has 144 valence electrons. The Kier molecular flexibility index (Phi) is 4.16. The number of piperazine rings is 1. The van der Waals surface area contributed by atoms with Crippen molar-refractivity contribution in [3.05, 3.63) is 54.4 Å². The molecular formula is C21H23N5O2. The zero-order valence-corrected chi connectivity index (χ0v) is 15.8. The van der Waals surface area contributed by atoms with Gasteiger partial charge in [0.25, 0.3) is 0 Å². The van der Waals surface area contributed by atoms with Gasteiger partial charge in [0.1, 0.15) is 6.61 Å². The lowest BCUT2D eigenvalue weighted by Crippen LogP contribution is -2.44. The molecule has 7 nitrogen and oxygen atoms in total. The Hall–Kier alpha value is -3.06. The van der Waals surface area contributed by atoms with Crippen LogP contribution in [0.5, 0.6) is 0 Å². The molecule has 0 radical (unpaired) electrons. The van der Waals surface area contributed by atoms with Crippen LogP contribution >= 0.6 is 0 Å². The smallest absolute Gasteiger partial charge is 0.415 e. The number of aromatic nitrogens is 2. The van der Waals surface area contributed by atoms with Gasteiger partial charge in [-0.1, -0.05) is 12.1 Å². The molecule has 2 fully saturated rings. The molecule has 2 aliphatic rings. The van der Waals surface area contributed by atoms with E-state index in [2.05, 4.69) is 51.1 Å². The van der Waals surface area contributed by atoms with E-state index in [9.17, 15) is 4.79 Å². The summed E-state index contributed by atoms with van der Waals surface area (Å²) < 4.78 is 5.42. The second-order valence-electron chi connectivity index (χ2n) is 7.45. The predicted molar refractivity (Wildman–Crippen MR) is 109 cm³/mol. The average Bonchev–Trinajstić information content (AvgIpc) is 3.34. The molecule has 28 heavy (non-hydrogen) atoms. The summed E-state index contributed by atoms with van der Waals surface area (Å²) in [6, 6.07) is 14.1. The highest BCUT2D eigenvalue weighted by Crippen LogP contribution is 2.35. The number of H-pyrrole nitrogens is 1. The zero-order valence-electron chi connectivity index (χ0n) is 15.8. The molecule has 0 bridgehead atoms. The number of carbonyl (C=O) groups is 1. The quantitative estimate of drug-likeness (QED) is 0.760. The summed E-state index contributed by atoms with van der Waals surface area (Å²) in [5, 5.41) is 0. The van der Waals surface area contributed by atoms with Crippen LogP contribution in [0.15, 0.2) is 48.8 Å². The SMILES string of the molecule is CN1CCN(c2cccc(C3COC(=O)N3c3ccc4nc[nH]c4c3)c2)CC1. The summed E-state index contributed by atoms with van der Waals surface area (Å²) in [7, 11) is 2.16. The molecule has 5 rings (SSSR count). The van der Waals surface area contributed by atoms with E-state index < -0.39 is 0 Å². The number of nitrogens with one attached hydrogen (secondary N) is 1. The number of benzene rings is 2. The Morgan fingerprint density at radius 3 is 2.79 bits per heavy atom. The van der Waals surface area contributed by atoms with Crippen molar-refractivity contribution in [1.82, 2.24) is 14.9 Å². The lowest BCUT2D eigenvalue weighted by atomic mass is 10.0. The Morgan fingerprint density at radius 1 is 1.07 bits per heavy atom. The molecule has 3 heterocycles. The molecule has 1 amide bonds. The van der Waals surface area contributed by atoms with Crippen LogP contribution in [0.3, 0.4) is 0 Å². The third-order valence-electron chi connectivity index (χ3n) is 5.68. The number of carbonyl (C=O) groups excluding carboxylic acids is 1. The van der Waals surface area contributed by atoms with Gasteiger partial charge in [-0.15, -0.1) is 0 Å². The fraction of sp³-hybridized carbons (Fsp3) is 0.333. The highest BCUT2D eigenvalue weighted by molar-refractivity contribution is 5.93. The van der Waals surface area contributed by atoms with E-state index in [0.29, 0.717) is 6.61 Å². The second-order valence-corrected chi connectivity index (χ2v) is 7.45. The molecule has 3 aromatic rings. The normalized spacial score (nSPS) is 20.8. The van der Waals surface area contributed by atoms with Crippen molar-refractivity contribution in [1.29, 1.82) is 0 Å². The first kappa shape index (κ1) is 17.1. The lowest BCUT2D eigenvalue weighted by Gasteiger charge is -2.34. The van der Waals surface area contributed by atoms with E-state index in [1.165, 1.54) is 5.69 Å². The molecule has 1 aromatic heterocycles. The summed E-state index contributed by atoms with van der Waals surface area (Å²) in [6.07, 6.45) is 1.35. The fourth-order valence-electron chi connectivity index (χ4n) is 4.02. The van der Waals surface area contributed by atoms with Crippen LogP contribution < -0.4 is 9.80 Å². The first-order valence-electron chi connectivity index (χ1n) is 9.61. The average molecular weight is 377 g/mol. The van der Waals surface area contributed by atoms with Crippen LogP contribution in [0.2, 0.25) is 0 Å². The van der Waals surface area contributed by atoms with Crippen molar-refractivity contribution in [3.63, 3.8) is 0 Å². The topological polar surface area (TPSA) is 64.7 Å². The van der Waals surface area contributed by atoms with Gasteiger partial charge >= 0.3 is 6.09 Å².